The van der Waals surface area contributed by atoms with Crippen LogP contribution in [0.4, 0.5) is 0 Å². The van der Waals surface area contributed by atoms with Gasteiger partial charge in [-0.3, -0.25) is 0 Å². The zero-order valence-electron chi connectivity index (χ0n) is 17.6. The summed E-state index contributed by atoms with van der Waals surface area (Å²) in [6, 6.07) is 16.5. The molecule has 170 valence electrons. The van der Waals surface area contributed by atoms with Crippen molar-refractivity contribution in [2.45, 2.75) is 49.8 Å². The molecule has 0 amide bonds. The summed E-state index contributed by atoms with van der Waals surface area (Å²) in [4.78, 5) is 4.83. The standard InChI is InChI=1S/C22H30N4O3S.HI/c1-2-23-22(24-15-14-21(27)18-6-4-3-5-7-18)25-16-17-8-12-20(13-9-17)30(28,29)26-19-10-11-19;/h3-9,12-13,19,21,26-27H,2,10-11,14-16H2,1H3,(H2,23,24,25);1H. The number of benzene rings is 2. The Balaban J connectivity index is 0.00000341. The molecule has 4 N–H and O–H groups in total. The van der Waals surface area contributed by atoms with Crippen LogP contribution in [0.2, 0.25) is 0 Å². The maximum Gasteiger partial charge on any atom is 0.240 e. The summed E-state index contributed by atoms with van der Waals surface area (Å²) in [6.45, 7) is 3.71. The Kier molecular flexibility index (Phi) is 10.2. The van der Waals surface area contributed by atoms with E-state index >= 15 is 0 Å². The number of aliphatic hydroxyl groups excluding tert-OH is 1. The Labute approximate surface area is 201 Å². The fraction of sp³-hybridized carbons (Fsp3) is 0.409. The predicted molar refractivity (Wildman–Crippen MR) is 134 cm³/mol. The highest BCUT2D eigenvalue weighted by atomic mass is 127. The van der Waals surface area contributed by atoms with Gasteiger partial charge >= 0.3 is 0 Å². The molecule has 1 unspecified atom stereocenters. The molecule has 1 aliphatic carbocycles. The van der Waals surface area contributed by atoms with Crippen LogP contribution in [0.15, 0.2) is 64.5 Å². The van der Waals surface area contributed by atoms with E-state index in [-0.39, 0.29) is 34.9 Å². The highest BCUT2D eigenvalue weighted by Crippen LogP contribution is 2.22. The van der Waals surface area contributed by atoms with Gasteiger partial charge in [-0.05, 0) is 49.4 Å². The number of guanidine groups is 1. The van der Waals surface area contributed by atoms with Gasteiger partial charge < -0.3 is 15.7 Å². The van der Waals surface area contributed by atoms with Crippen molar-refractivity contribution >= 4 is 40.0 Å². The molecule has 1 aliphatic rings. The molecule has 2 aromatic rings. The van der Waals surface area contributed by atoms with E-state index in [9.17, 15) is 13.5 Å². The number of halogens is 1. The van der Waals surface area contributed by atoms with Gasteiger partial charge in [-0.15, -0.1) is 24.0 Å². The van der Waals surface area contributed by atoms with E-state index in [0.717, 1.165) is 30.5 Å². The van der Waals surface area contributed by atoms with Crippen molar-refractivity contribution in [2.75, 3.05) is 13.1 Å². The van der Waals surface area contributed by atoms with Gasteiger partial charge in [0.1, 0.15) is 0 Å². The van der Waals surface area contributed by atoms with Crippen molar-refractivity contribution < 1.29 is 13.5 Å². The van der Waals surface area contributed by atoms with Gasteiger partial charge in [0.05, 0.1) is 17.5 Å². The maximum absolute atomic E-state index is 12.2. The quantitative estimate of drug-likeness (QED) is 0.204. The molecular weight excluding hydrogens is 527 g/mol. The Morgan fingerprint density at radius 3 is 2.39 bits per heavy atom. The normalized spacial score (nSPS) is 15.1. The minimum Gasteiger partial charge on any atom is -0.388 e. The van der Waals surface area contributed by atoms with Crippen LogP contribution in [0.25, 0.3) is 0 Å². The molecule has 31 heavy (non-hydrogen) atoms. The minimum atomic E-state index is -3.43. The predicted octanol–water partition coefficient (Wildman–Crippen LogP) is 2.92. The van der Waals surface area contributed by atoms with Crippen molar-refractivity contribution in [3.05, 3.63) is 65.7 Å². The molecule has 0 heterocycles. The van der Waals surface area contributed by atoms with E-state index in [1.54, 1.807) is 24.3 Å². The summed E-state index contributed by atoms with van der Waals surface area (Å²) >= 11 is 0. The van der Waals surface area contributed by atoms with Gasteiger partial charge in [0.15, 0.2) is 5.96 Å². The Bertz CT molecular complexity index is 933. The molecule has 0 radical (unpaired) electrons. The molecular formula is C22H31IN4O3S. The van der Waals surface area contributed by atoms with Crippen LogP contribution in [-0.2, 0) is 16.6 Å². The average molecular weight is 558 g/mol. The first-order valence-electron chi connectivity index (χ1n) is 10.3. The van der Waals surface area contributed by atoms with Crippen LogP contribution in [0.3, 0.4) is 0 Å². The fourth-order valence-corrected chi connectivity index (χ4v) is 4.25. The van der Waals surface area contributed by atoms with E-state index in [2.05, 4.69) is 20.3 Å². The average Bonchev–Trinajstić information content (AvgIpc) is 3.56. The molecule has 0 spiro atoms. The summed E-state index contributed by atoms with van der Waals surface area (Å²) in [5, 5.41) is 16.7. The summed E-state index contributed by atoms with van der Waals surface area (Å²) in [5.41, 5.74) is 1.81. The van der Waals surface area contributed by atoms with Gasteiger partial charge in [0, 0.05) is 19.1 Å². The number of nitrogens with zero attached hydrogens (tertiary/aromatic N) is 1. The van der Waals surface area contributed by atoms with Crippen LogP contribution < -0.4 is 15.4 Å². The molecule has 0 aromatic heterocycles. The summed E-state index contributed by atoms with van der Waals surface area (Å²) in [6.07, 6.45) is 1.86. The first-order chi connectivity index (χ1) is 14.5. The lowest BCUT2D eigenvalue weighted by Gasteiger charge is -2.14. The van der Waals surface area contributed by atoms with Gasteiger partial charge in [-0.2, -0.15) is 0 Å². The summed E-state index contributed by atoms with van der Waals surface area (Å²) < 4.78 is 27.2. The van der Waals surface area contributed by atoms with E-state index in [1.807, 2.05) is 37.3 Å². The van der Waals surface area contributed by atoms with E-state index in [1.165, 1.54) is 0 Å². The van der Waals surface area contributed by atoms with Gasteiger partial charge in [0.2, 0.25) is 10.0 Å². The number of nitrogens with one attached hydrogen (secondary N) is 3. The Morgan fingerprint density at radius 2 is 1.77 bits per heavy atom. The lowest BCUT2D eigenvalue weighted by atomic mass is 10.1. The first-order valence-corrected chi connectivity index (χ1v) is 11.8. The van der Waals surface area contributed by atoms with Crippen molar-refractivity contribution in [2.24, 2.45) is 4.99 Å². The van der Waals surface area contributed by atoms with Crippen molar-refractivity contribution in [3.8, 4) is 0 Å². The number of aliphatic hydroxyl groups is 1. The third-order valence-electron chi connectivity index (χ3n) is 4.79. The van der Waals surface area contributed by atoms with Crippen LogP contribution in [0.1, 0.15) is 43.4 Å². The molecule has 0 bridgehead atoms. The number of sulfonamides is 1. The van der Waals surface area contributed by atoms with Crippen LogP contribution >= 0.6 is 24.0 Å². The van der Waals surface area contributed by atoms with Crippen molar-refractivity contribution in [3.63, 3.8) is 0 Å². The molecule has 3 rings (SSSR count). The zero-order chi connectivity index (χ0) is 21.4. The largest absolute Gasteiger partial charge is 0.388 e. The lowest BCUT2D eigenvalue weighted by molar-refractivity contribution is 0.168. The van der Waals surface area contributed by atoms with Crippen LogP contribution in [0, 0.1) is 0 Å². The number of hydrogen-bond acceptors (Lipinski definition) is 4. The second-order valence-corrected chi connectivity index (χ2v) is 9.09. The number of rotatable bonds is 10. The second-order valence-electron chi connectivity index (χ2n) is 7.38. The van der Waals surface area contributed by atoms with Crippen LogP contribution in [0.5, 0.6) is 0 Å². The highest BCUT2D eigenvalue weighted by molar-refractivity contribution is 14.0. The topological polar surface area (TPSA) is 103 Å². The van der Waals surface area contributed by atoms with E-state index in [0.29, 0.717) is 25.5 Å². The Hall–Kier alpha value is -1.69. The first kappa shape index (κ1) is 25.6. The van der Waals surface area contributed by atoms with Crippen molar-refractivity contribution in [1.29, 1.82) is 0 Å². The molecule has 9 heteroatoms. The summed E-state index contributed by atoms with van der Waals surface area (Å²) in [5.74, 6) is 0.657. The molecule has 0 saturated heterocycles. The van der Waals surface area contributed by atoms with Gasteiger partial charge in [-0.25, -0.2) is 18.1 Å². The zero-order valence-corrected chi connectivity index (χ0v) is 20.8. The van der Waals surface area contributed by atoms with Gasteiger partial charge in [0.25, 0.3) is 0 Å². The van der Waals surface area contributed by atoms with Crippen molar-refractivity contribution in [1.82, 2.24) is 15.4 Å². The second kappa shape index (κ2) is 12.4. The monoisotopic (exact) mass is 558 g/mol. The molecule has 2 aromatic carbocycles. The molecule has 0 aliphatic heterocycles. The number of hydrogen-bond donors (Lipinski definition) is 4. The minimum absolute atomic E-state index is 0. The molecule has 7 nitrogen and oxygen atoms in total. The fourth-order valence-electron chi connectivity index (χ4n) is 2.94. The maximum atomic E-state index is 12.2. The third kappa shape index (κ3) is 8.40. The lowest BCUT2D eigenvalue weighted by Crippen LogP contribution is -2.38. The number of aliphatic imine (C=N–C) groups is 1. The Morgan fingerprint density at radius 1 is 1.10 bits per heavy atom. The molecule has 1 fully saturated rings. The smallest absolute Gasteiger partial charge is 0.240 e. The SMILES string of the molecule is CCNC(=NCc1ccc(S(=O)(=O)NC2CC2)cc1)NCCC(O)c1ccccc1.I. The van der Waals surface area contributed by atoms with Gasteiger partial charge in [-0.1, -0.05) is 42.5 Å². The molecule has 1 atom stereocenters. The third-order valence-corrected chi connectivity index (χ3v) is 6.33. The van der Waals surface area contributed by atoms with E-state index in [4.69, 9.17) is 0 Å². The molecule has 1 saturated carbocycles. The summed E-state index contributed by atoms with van der Waals surface area (Å²) in [7, 11) is -3.43. The van der Waals surface area contributed by atoms with E-state index < -0.39 is 16.1 Å². The van der Waals surface area contributed by atoms with Crippen LogP contribution in [-0.4, -0.2) is 38.6 Å². The highest BCUT2D eigenvalue weighted by Gasteiger charge is 2.27.